The largest absolute Gasteiger partial charge is 0.462 e. The molecule has 0 aromatic rings. The van der Waals surface area contributed by atoms with E-state index in [-0.39, 0.29) is 11.4 Å². The van der Waals surface area contributed by atoms with E-state index in [9.17, 15) is 4.79 Å². The van der Waals surface area contributed by atoms with Crippen LogP contribution < -0.4 is 0 Å². The maximum atomic E-state index is 11.5. The van der Waals surface area contributed by atoms with Crippen LogP contribution in [0.5, 0.6) is 0 Å². The lowest BCUT2D eigenvalue weighted by Gasteiger charge is -2.25. The van der Waals surface area contributed by atoms with Crippen molar-refractivity contribution in [3.63, 3.8) is 0 Å². The fourth-order valence-electron chi connectivity index (χ4n) is 2.97. The number of hydrogen-bond donors (Lipinski definition) is 0. The fraction of sp³-hybridized carbons (Fsp3) is 0.864. The van der Waals surface area contributed by atoms with Crippen molar-refractivity contribution in [2.45, 2.75) is 79.6 Å². The summed E-state index contributed by atoms with van der Waals surface area (Å²) in [4.78, 5) is 13.8. The second-order valence-corrected chi connectivity index (χ2v) is 9.15. The molecule has 0 rings (SSSR count). The van der Waals surface area contributed by atoms with E-state index in [4.69, 9.17) is 4.74 Å². The minimum atomic E-state index is -0.273. The number of carbonyl (C=O) groups is 1. The zero-order chi connectivity index (χ0) is 19.5. The Kier molecular flexibility index (Phi) is 12.1. The van der Waals surface area contributed by atoms with Crippen molar-refractivity contribution in [3.8, 4) is 0 Å². The highest BCUT2D eigenvalue weighted by molar-refractivity contribution is 5.86. The van der Waals surface area contributed by atoms with Crippen LogP contribution in [0.1, 0.15) is 79.6 Å². The standard InChI is InChI=1S/C22H43NO2/c1-18(2)21(24)25-17-22(5,6)15-10-13-19(3)11-9-12-20(4)14-16-23(7)8/h19-20H,1,9-17H2,2-8H3. The van der Waals surface area contributed by atoms with Gasteiger partial charge in [-0.2, -0.15) is 0 Å². The van der Waals surface area contributed by atoms with Gasteiger partial charge in [0.05, 0.1) is 6.61 Å². The monoisotopic (exact) mass is 353 g/mol. The van der Waals surface area contributed by atoms with Gasteiger partial charge < -0.3 is 9.64 Å². The van der Waals surface area contributed by atoms with Crippen LogP contribution in [0.15, 0.2) is 12.2 Å². The van der Waals surface area contributed by atoms with Crippen molar-refractivity contribution in [2.75, 3.05) is 27.2 Å². The van der Waals surface area contributed by atoms with Gasteiger partial charge in [-0.05, 0) is 57.7 Å². The highest BCUT2D eigenvalue weighted by atomic mass is 16.5. The lowest BCUT2D eigenvalue weighted by molar-refractivity contribution is -0.142. The molecule has 0 saturated heterocycles. The van der Waals surface area contributed by atoms with Crippen LogP contribution >= 0.6 is 0 Å². The van der Waals surface area contributed by atoms with Crippen LogP contribution in [0.3, 0.4) is 0 Å². The van der Waals surface area contributed by atoms with E-state index in [1.807, 2.05) is 0 Å². The minimum Gasteiger partial charge on any atom is -0.462 e. The summed E-state index contributed by atoms with van der Waals surface area (Å²) in [6.45, 7) is 16.1. The van der Waals surface area contributed by atoms with Gasteiger partial charge in [0.15, 0.2) is 0 Å². The molecule has 2 atom stereocenters. The quantitative estimate of drug-likeness (QED) is 0.296. The Labute approximate surface area is 157 Å². The van der Waals surface area contributed by atoms with Crippen LogP contribution in [0, 0.1) is 17.3 Å². The Morgan fingerprint density at radius 3 is 2.08 bits per heavy atom. The molecule has 0 bridgehead atoms. The fourth-order valence-corrected chi connectivity index (χ4v) is 2.97. The van der Waals surface area contributed by atoms with E-state index in [1.54, 1.807) is 6.92 Å². The van der Waals surface area contributed by atoms with Crippen molar-refractivity contribution in [2.24, 2.45) is 17.3 Å². The molecule has 0 N–H and O–H groups in total. The first kappa shape index (κ1) is 24.2. The zero-order valence-electron chi connectivity index (χ0n) is 18.0. The zero-order valence-corrected chi connectivity index (χ0v) is 18.0. The Hall–Kier alpha value is -0.830. The second-order valence-electron chi connectivity index (χ2n) is 9.15. The molecule has 3 heteroatoms. The lowest BCUT2D eigenvalue weighted by atomic mass is 9.85. The predicted molar refractivity (Wildman–Crippen MR) is 109 cm³/mol. The van der Waals surface area contributed by atoms with Gasteiger partial charge in [-0.15, -0.1) is 0 Å². The molecule has 0 heterocycles. The molecule has 3 nitrogen and oxygen atoms in total. The van der Waals surface area contributed by atoms with Crippen molar-refractivity contribution >= 4 is 5.97 Å². The van der Waals surface area contributed by atoms with Crippen LogP contribution in [-0.2, 0) is 9.53 Å². The van der Waals surface area contributed by atoms with Gasteiger partial charge in [0.2, 0.25) is 0 Å². The third-order valence-corrected chi connectivity index (χ3v) is 4.96. The number of ether oxygens (including phenoxy) is 1. The molecule has 0 amide bonds. The van der Waals surface area contributed by atoms with Gasteiger partial charge in [-0.3, -0.25) is 0 Å². The van der Waals surface area contributed by atoms with Crippen LogP contribution in [-0.4, -0.2) is 38.1 Å². The van der Waals surface area contributed by atoms with Crippen molar-refractivity contribution in [1.29, 1.82) is 0 Å². The lowest BCUT2D eigenvalue weighted by Crippen LogP contribution is -2.22. The Balaban J connectivity index is 3.82. The number of rotatable bonds is 14. The second kappa shape index (κ2) is 12.5. The first-order chi connectivity index (χ1) is 11.5. The van der Waals surface area contributed by atoms with Gasteiger partial charge >= 0.3 is 5.97 Å². The summed E-state index contributed by atoms with van der Waals surface area (Å²) in [5.74, 6) is 1.34. The maximum Gasteiger partial charge on any atom is 0.333 e. The summed E-state index contributed by atoms with van der Waals surface area (Å²) in [5, 5.41) is 0. The average molecular weight is 354 g/mol. The number of hydrogen-bond acceptors (Lipinski definition) is 3. The number of esters is 1. The van der Waals surface area contributed by atoms with Gasteiger partial charge in [-0.25, -0.2) is 4.79 Å². The molecule has 2 unspecified atom stereocenters. The van der Waals surface area contributed by atoms with Crippen LogP contribution in [0.4, 0.5) is 0 Å². The Morgan fingerprint density at radius 2 is 1.56 bits per heavy atom. The summed E-state index contributed by atoms with van der Waals surface area (Å²) in [6, 6.07) is 0. The molecule has 0 aromatic heterocycles. The summed E-state index contributed by atoms with van der Waals surface area (Å²) < 4.78 is 5.31. The molecule has 0 radical (unpaired) electrons. The van der Waals surface area contributed by atoms with Gasteiger partial charge in [0.1, 0.15) is 0 Å². The number of carbonyl (C=O) groups excluding carboxylic acids is 1. The molecular formula is C22H43NO2. The SMILES string of the molecule is C=C(C)C(=O)OCC(C)(C)CCCC(C)CCCC(C)CCN(C)C. The maximum absolute atomic E-state index is 11.5. The minimum absolute atomic E-state index is 0.0471. The molecule has 0 fully saturated rings. The van der Waals surface area contributed by atoms with Crippen molar-refractivity contribution in [1.82, 2.24) is 4.90 Å². The molecule has 0 aliphatic heterocycles. The van der Waals surface area contributed by atoms with Crippen molar-refractivity contribution < 1.29 is 9.53 Å². The van der Waals surface area contributed by atoms with E-state index in [1.165, 1.54) is 45.1 Å². The van der Waals surface area contributed by atoms with E-state index in [2.05, 4.69) is 53.3 Å². The van der Waals surface area contributed by atoms with Gasteiger partial charge in [-0.1, -0.05) is 66.4 Å². The molecule has 148 valence electrons. The summed E-state index contributed by atoms with van der Waals surface area (Å²) >= 11 is 0. The van der Waals surface area contributed by atoms with E-state index in [0.29, 0.717) is 12.2 Å². The average Bonchev–Trinajstić information content (AvgIpc) is 2.50. The molecule has 25 heavy (non-hydrogen) atoms. The first-order valence-electron chi connectivity index (χ1n) is 10.0. The molecular weight excluding hydrogens is 310 g/mol. The van der Waals surface area contributed by atoms with E-state index < -0.39 is 0 Å². The third-order valence-electron chi connectivity index (χ3n) is 4.96. The van der Waals surface area contributed by atoms with Crippen LogP contribution in [0.25, 0.3) is 0 Å². The Morgan fingerprint density at radius 1 is 1.04 bits per heavy atom. The highest BCUT2D eigenvalue weighted by Gasteiger charge is 2.20. The van der Waals surface area contributed by atoms with E-state index >= 15 is 0 Å². The van der Waals surface area contributed by atoms with Crippen molar-refractivity contribution in [3.05, 3.63) is 12.2 Å². The molecule has 0 spiro atoms. The third kappa shape index (κ3) is 14.1. The normalized spacial score (nSPS) is 14.4. The first-order valence-corrected chi connectivity index (χ1v) is 10.0. The molecule has 0 aliphatic rings. The highest BCUT2D eigenvalue weighted by Crippen LogP contribution is 2.27. The predicted octanol–water partition coefficient (Wildman–Crippen LogP) is 5.70. The Bertz CT molecular complexity index is 387. The van der Waals surface area contributed by atoms with E-state index in [0.717, 1.165) is 18.3 Å². The summed E-state index contributed by atoms with van der Waals surface area (Å²) in [7, 11) is 4.30. The summed E-state index contributed by atoms with van der Waals surface area (Å²) in [5.41, 5.74) is 0.523. The van der Waals surface area contributed by atoms with Gasteiger partial charge in [0, 0.05) is 5.57 Å². The molecule has 0 saturated carbocycles. The molecule has 0 aliphatic carbocycles. The van der Waals surface area contributed by atoms with Gasteiger partial charge in [0.25, 0.3) is 0 Å². The topological polar surface area (TPSA) is 29.5 Å². The number of nitrogens with zero attached hydrogens (tertiary/aromatic N) is 1. The summed E-state index contributed by atoms with van der Waals surface area (Å²) in [6.07, 6.45) is 8.89. The smallest absolute Gasteiger partial charge is 0.333 e. The molecule has 0 aromatic carbocycles. The van der Waals surface area contributed by atoms with Crippen LogP contribution in [0.2, 0.25) is 0 Å².